The van der Waals surface area contributed by atoms with Crippen molar-refractivity contribution in [3.63, 3.8) is 0 Å². The fourth-order valence-electron chi connectivity index (χ4n) is 5.94. The van der Waals surface area contributed by atoms with Crippen LogP contribution in [-0.2, 0) is 6.54 Å². The van der Waals surface area contributed by atoms with E-state index >= 15 is 0 Å². The highest BCUT2D eigenvalue weighted by atomic mass is 79.9. The average Bonchev–Trinajstić information content (AvgIpc) is 2.27. The Labute approximate surface area is 142 Å². The Morgan fingerprint density at radius 2 is 1.76 bits per heavy atom. The second-order valence-corrected chi connectivity index (χ2v) is 9.19. The fourth-order valence-corrected chi connectivity index (χ4v) is 6.35. The van der Waals surface area contributed by atoms with Crippen LogP contribution in [0.1, 0.15) is 25.8 Å². The Hall–Kier alpha value is -0.0900. The van der Waals surface area contributed by atoms with Gasteiger partial charge in [0.1, 0.15) is 13.2 Å². The largest absolute Gasteiger partial charge is 1.00 e. The monoisotopic (exact) mass is 370 g/mol. The highest BCUT2D eigenvalue weighted by molar-refractivity contribution is 9.10. The summed E-state index contributed by atoms with van der Waals surface area (Å²) in [4.78, 5) is 2.73. The standard InChI is InChI=1S/C17H24BrN2.ClH/c1-16-8-17(2)10-19(9-16)13-20(11-16,12-17)7-14-5-3-4-6-15(14)18;/h3-6H,7-13H2,1-2H3;1H/q+1;/p-1. The van der Waals surface area contributed by atoms with E-state index in [9.17, 15) is 0 Å². The van der Waals surface area contributed by atoms with Gasteiger partial charge in [-0.3, -0.25) is 4.90 Å². The Morgan fingerprint density at radius 1 is 1.14 bits per heavy atom. The summed E-state index contributed by atoms with van der Waals surface area (Å²) in [5, 5.41) is 0. The van der Waals surface area contributed by atoms with Crippen molar-refractivity contribution in [2.75, 3.05) is 32.8 Å². The predicted octanol–water partition coefficient (Wildman–Crippen LogP) is 0.473. The summed E-state index contributed by atoms with van der Waals surface area (Å²) in [5.74, 6) is 0. The van der Waals surface area contributed by atoms with Gasteiger partial charge in [0.05, 0.1) is 13.1 Å². The van der Waals surface area contributed by atoms with Crippen LogP contribution in [0.2, 0.25) is 0 Å². The van der Waals surface area contributed by atoms with Crippen molar-refractivity contribution >= 4 is 15.9 Å². The number of hydrogen-bond donors (Lipinski definition) is 0. The molecule has 4 fully saturated rings. The smallest absolute Gasteiger partial charge is 0.135 e. The molecular weight excluding hydrogens is 348 g/mol. The molecular formula is C17H24BrClN2. The van der Waals surface area contributed by atoms with Crippen molar-refractivity contribution in [3.8, 4) is 0 Å². The van der Waals surface area contributed by atoms with E-state index in [1.54, 1.807) is 0 Å². The van der Waals surface area contributed by atoms with Crippen molar-refractivity contribution < 1.29 is 16.9 Å². The van der Waals surface area contributed by atoms with E-state index in [2.05, 4.69) is 58.9 Å². The number of benzene rings is 1. The Morgan fingerprint density at radius 3 is 2.33 bits per heavy atom. The molecule has 0 saturated carbocycles. The molecule has 4 bridgehead atoms. The van der Waals surface area contributed by atoms with Gasteiger partial charge in [-0.05, 0) is 12.5 Å². The van der Waals surface area contributed by atoms with Gasteiger partial charge in [0.15, 0.2) is 0 Å². The minimum Gasteiger partial charge on any atom is -1.00 e. The summed E-state index contributed by atoms with van der Waals surface area (Å²) < 4.78 is 2.55. The number of nitrogens with zero attached hydrogens (tertiary/aromatic N) is 2. The average molecular weight is 372 g/mol. The normalized spacial score (nSPS) is 43.7. The van der Waals surface area contributed by atoms with Gasteiger partial charge in [-0.1, -0.05) is 48.0 Å². The lowest BCUT2D eigenvalue weighted by molar-refractivity contribution is -0.981. The molecule has 0 N–H and O–H groups in total. The number of halogens is 2. The first kappa shape index (κ1) is 15.8. The van der Waals surface area contributed by atoms with E-state index in [4.69, 9.17) is 0 Å². The van der Waals surface area contributed by atoms with E-state index in [-0.39, 0.29) is 12.4 Å². The van der Waals surface area contributed by atoms with Gasteiger partial charge >= 0.3 is 0 Å². The molecule has 2 unspecified atom stereocenters. The van der Waals surface area contributed by atoms with Crippen LogP contribution >= 0.6 is 15.9 Å². The van der Waals surface area contributed by atoms with Crippen molar-refractivity contribution in [2.24, 2.45) is 10.8 Å². The number of hydrogen-bond acceptors (Lipinski definition) is 1. The maximum absolute atomic E-state index is 3.74. The quantitative estimate of drug-likeness (QED) is 0.683. The number of piperidine rings is 2. The molecule has 21 heavy (non-hydrogen) atoms. The summed E-state index contributed by atoms with van der Waals surface area (Å²) in [6.45, 7) is 12.8. The minimum absolute atomic E-state index is 0. The molecule has 0 amide bonds. The molecule has 0 radical (unpaired) electrons. The zero-order valence-corrected chi connectivity index (χ0v) is 15.3. The van der Waals surface area contributed by atoms with Gasteiger partial charge in [-0.25, -0.2) is 0 Å². The Kier molecular flexibility index (Phi) is 3.73. The first-order valence-corrected chi connectivity index (χ1v) is 8.50. The van der Waals surface area contributed by atoms with E-state index in [0.717, 1.165) is 0 Å². The van der Waals surface area contributed by atoms with Crippen LogP contribution in [0.25, 0.3) is 0 Å². The topological polar surface area (TPSA) is 3.24 Å². The maximum atomic E-state index is 3.74. The summed E-state index contributed by atoms with van der Waals surface area (Å²) in [6, 6.07) is 8.77. The van der Waals surface area contributed by atoms with Crippen LogP contribution in [0.4, 0.5) is 0 Å². The van der Waals surface area contributed by atoms with Crippen molar-refractivity contribution in [3.05, 3.63) is 34.3 Å². The Balaban J connectivity index is 0.00000132. The summed E-state index contributed by atoms with van der Waals surface area (Å²) >= 11 is 3.74. The molecule has 4 aliphatic heterocycles. The van der Waals surface area contributed by atoms with Crippen LogP contribution in [0, 0.1) is 10.8 Å². The van der Waals surface area contributed by atoms with Gasteiger partial charge in [-0.2, -0.15) is 0 Å². The van der Waals surface area contributed by atoms with Crippen molar-refractivity contribution in [1.29, 1.82) is 0 Å². The van der Waals surface area contributed by atoms with Gasteiger partial charge in [0.2, 0.25) is 0 Å². The van der Waals surface area contributed by atoms with Crippen LogP contribution in [0.5, 0.6) is 0 Å². The highest BCUT2D eigenvalue weighted by Gasteiger charge is 2.60. The molecule has 4 heterocycles. The summed E-state index contributed by atoms with van der Waals surface area (Å²) in [7, 11) is 0. The molecule has 0 spiro atoms. The molecule has 0 aliphatic carbocycles. The molecule has 116 valence electrons. The van der Waals surface area contributed by atoms with Crippen molar-refractivity contribution in [2.45, 2.75) is 26.8 Å². The third-order valence-electron chi connectivity index (χ3n) is 5.46. The van der Waals surface area contributed by atoms with E-state index < -0.39 is 0 Å². The second kappa shape index (κ2) is 4.95. The van der Waals surface area contributed by atoms with Crippen molar-refractivity contribution in [1.82, 2.24) is 4.90 Å². The zero-order valence-electron chi connectivity index (χ0n) is 12.9. The number of rotatable bonds is 2. The fraction of sp³-hybridized carbons (Fsp3) is 0.647. The van der Waals surface area contributed by atoms with Gasteiger partial charge < -0.3 is 16.9 Å². The number of quaternary nitrogens is 1. The third-order valence-corrected chi connectivity index (χ3v) is 6.24. The molecule has 1 aromatic carbocycles. The first-order chi connectivity index (χ1) is 9.40. The minimum atomic E-state index is 0. The SMILES string of the molecule is CC12CN3CC(C)(C1)C[N+](Cc1ccccc1Br)(C3)C2.[Cl-]. The molecule has 4 heteroatoms. The molecule has 4 saturated heterocycles. The van der Waals surface area contributed by atoms with Crippen LogP contribution in [0.15, 0.2) is 28.7 Å². The molecule has 2 nitrogen and oxygen atoms in total. The van der Waals surface area contributed by atoms with Crippen LogP contribution in [0.3, 0.4) is 0 Å². The van der Waals surface area contributed by atoms with E-state index in [1.807, 2.05) is 0 Å². The predicted molar refractivity (Wildman–Crippen MR) is 85.1 cm³/mol. The molecule has 5 rings (SSSR count). The molecule has 2 atom stereocenters. The van der Waals surface area contributed by atoms with Gasteiger partial charge in [-0.15, -0.1) is 0 Å². The zero-order chi connectivity index (χ0) is 14.0. The van der Waals surface area contributed by atoms with Gasteiger partial charge in [0, 0.05) is 34.0 Å². The van der Waals surface area contributed by atoms with Crippen LogP contribution in [-0.4, -0.2) is 42.2 Å². The highest BCUT2D eigenvalue weighted by Crippen LogP contribution is 2.52. The lowest BCUT2D eigenvalue weighted by Gasteiger charge is -2.66. The summed E-state index contributed by atoms with van der Waals surface area (Å²) in [6.07, 6.45) is 1.42. The molecule has 4 aliphatic rings. The second-order valence-electron chi connectivity index (χ2n) is 8.33. The van der Waals surface area contributed by atoms with Gasteiger partial charge in [0.25, 0.3) is 0 Å². The molecule has 0 aromatic heterocycles. The van der Waals surface area contributed by atoms with E-state index in [0.29, 0.717) is 10.8 Å². The third kappa shape index (κ3) is 2.67. The lowest BCUT2D eigenvalue weighted by Crippen LogP contribution is -3.00. The molecule has 1 aromatic rings. The lowest BCUT2D eigenvalue weighted by atomic mass is 9.63. The maximum Gasteiger partial charge on any atom is 0.135 e. The first-order valence-electron chi connectivity index (χ1n) is 7.70. The van der Waals surface area contributed by atoms with E-state index in [1.165, 1.54) is 60.3 Å². The van der Waals surface area contributed by atoms with Crippen LogP contribution < -0.4 is 12.4 Å². The summed E-state index contributed by atoms with van der Waals surface area (Å²) in [5.41, 5.74) is 2.54. The Bertz CT molecular complexity index is 543.